The number of amides is 1. The first-order valence-electron chi connectivity index (χ1n) is 7.75. The van der Waals surface area contributed by atoms with E-state index in [1.807, 2.05) is 18.7 Å². The third-order valence-corrected chi connectivity index (χ3v) is 3.48. The number of rotatable bonds is 12. The maximum atomic E-state index is 12.1. The molecule has 1 amide bonds. The fraction of sp³-hybridized carbons (Fsp3) is 0.933. The SMILES string of the molecule is CCCC(CCN)CCC(=O)N(CC)CCOCC. The molecule has 0 aromatic heterocycles. The van der Waals surface area contributed by atoms with Crippen LogP contribution in [-0.2, 0) is 9.53 Å². The van der Waals surface area contributed by atoms with Gasteiger partial charge in [-0.05, 0) is 39.2 Å². The highest BCUT2D eigenvalue weighted by Crippen LogP contribution is 2.17. The van der Waals surface area contributed by atoms with Gasteiger partial charge in [0.15, 0.2) is 0 Å². The zero-order valence-electron chi connectivity index (χ0n) is 13.0. The third-order valence-electron chi connectivity index (χ3n) is 3.48. The molecule has 0 saturated heterocycles. The monoisotopic (exact) mass is 272 g/mol. The second kappa shape index (κ2) is 12.4. The van der Waals surface area contributed by atoms with E-state index in [0.29, 0.717) is 32.1 Å². The van der Waals surface area contributed by atoms with Gasteiger partial charge in [-0.2, -0.15) is 0 Å². The molecule has 2 N–H and O–H groups in total. The molecule has 0 aliphatic rings. The summed E-state index contributed by atoms with van der Waals surface area (Å²) in [6.07, 6.45) is 4.99. The fourth-order valence-electron chi connectivity index (χ4n) is 2.34. The summed E-state index contributed by atoms with van der Waals surface area (Å²) in [6, 6.07) is 0. The summed E-state index contributed by atoms with van der Waals surface area (Å²) in [5.74, 6) is 0.852. The van der Waals surface area contributed by atoms with E-state index in [9.17, 15) is 4.79 Å². The molecule has 0 saturated carbocycles. The third kappa shape index (κ3) is 9.00. The number of hydrogen-bond acceptors (Lipinski definition) is 3. The lowest BCUT2D eigenvalue weighted by Gasteiger charge is -2.22. The van der Waals surface area contributed by atoms with Gasteiger partial charge in [0.2, 0.25) is 5.91 Å². The molecule has 19 heavy (non-hydrogen) atoms. The van der Waals surface area contributed by atoms with Crippen LogP contribution in [0.25, 0.3) is 0 Å². The zero-order valence-corrected chi connectivity index (χ0v) is 13.0. The number of carbonyl (C=O) groups is 1. The lowest BCUT2D eigenvalue weighted by Crippen LogP contribution is -2.34. The molecule has 1 unspecified atom stereocenters. The standard InChI is InChI=1S/C15H32N2O2/c1-4-7-14(10-11-16)8-9-15(18)17(5-2)12-13-19-6-3/h14H,4-13,16H2,1-3H3. The molecule has 0 radical (unpaired) electrons. The lowest BCUT2D eigenvalue weighted by atomic mass is 9.94. The van der Waals surface area contributed by atoms with Gasteiger partial charge in [0.05, 0.1) is 6.61 Å². The van der Waals surface area contributed by atoms with E-state index in [1.54, 1.807) is 0 Å². The van der Waals surface area contributed by atoms with Crippen LogP contribution in [0.3, 0.4) is 0 Å². The maximum absolute atomic E-state index is 12.1. The van der Waals surface area contributed by atoms with Crippen LogP contribution in [0.4, 0.5) is 0 Å². The minimum atomic E-state index is 0.250. The summed E-state index contributed by atoms with van der Waals surface area (Å²) in [5, 5.41) is 0. The molecule has 0 rings (SSSR count). The molecule has 0 spiro atoms. The summed E-state index contributed by atoms with van der Waals surface area (Å²) in [7, 11) is 0. The first-order chi connectivity index (χ1) is 9.19. The van der Waals surface area contributed by atoms with Crippen LogP contribution in [0.5, 0.6) is 0 Å². The second-order valence-electron chi connectivity index (χ2n) is 4.94. The number of ether oxygens (including phenoxy) is 1. The van der Waals surface area contributed by atoms with Gasteiger partial charge in [-0.15, -0.1) is 0 Å². The second-order valence-corrected chi connectivity index (χ2v) is 4.94. The molecule has 4 heteroatoms. The van der Waals surface area contributed by atoms with Crippen LogP contribution in [0.15, 0.2) is 0 Å². The molecule has 0 fully saturated rings. The first-order valence-corrected chi connectivity index (χ1v) is 7.75. The average molecular weight is 272 g/mol. The number of nitrogens with zero attached hydrogens (tertiary/aromatic N) is 1. The lowest BCUT2D eigenvalue weighted by molar-refractivity contribution is -0.132. The topological polar surface area (TPSA) is 55.6 Å². The maximum Gasteiger partial charge on any atom is 0.222 e. The fourth-order valence-corrected chi connectivity index (χ4v) is 2.34. The predicted octanol–water partition coefficient (Wildman–Crippen LogP) is 2.42. The smallest absolute Gasteiger partial charge is 0.222 e. The number of likely N-dealkylation sites (N-methyl/N-ethyl adjacent to an activating group) is 1. The Hall–Kier alpha value is -0.610. The highest BCUT2D eigenvalue weighted by atomic mass is 16.5. The highest BCUT2D eigenvalue weighted by Gasteiger charge is 2.14. The molecule has 1 atom stereocenters. The average Bonchev–Trinajstić information content (AvgIpc) is 2.41. The molecule has 0 aliphatic heterocycles. The van der Waals surface area contributed by atoms with E-state index in [0.717, 1.165) is 25.9 Å². The molecule has 114 valence electrons. The van der Waals surface area contributed by atoms with Gasteiger partial charge in [0.25, 0.3) is 0 Å². The minimum Gasteiger partial charge on any atom is -0.380 e. The van der Waals surface area contributed by atoms with Crippen molar-refractivity contribution in [3.8, 4) is 0 Å². The summed E-state index contributed by atoms with van der Waals surface area (Å²) >= 11 is 0. The van der Waals surface area contributed by atoms with Crippen LogP contribution in [0.2, 0.25) is 0 Å². The Morgan fingerprint density at radius 3 is 2.47 bits per heavy atom. The van der Waals surface area contributed by atoms with Crippen molar-refractivity contribution >= 4 is 5.91 Å². The first kappa shape index (κ1) is 18.4. The Bertz CT molecular complexity index is 216. The van der Waals surface area contributed by atoms with Gasteiger partial charge in [0.1, 0.15) is 0 Å². The van der Waals surface area contributed by atoms with Crippen molar-refractivity contribution in [3.05, 3.63) is 0 Å². The van der Waals surface area contributed by atoms with Crippen LogP contribution < -0.4 is 5.73 Å². The molecule has 0 bridgehead atoms. The van der Waals surface area contributed by atoms with E-state index < -0.39 is 0 Å². The number of hydrogen-bond donors (Lipinski definition) is 1. The zero-order chi connectivity index (χ0) is 14.5. The normalized spacial score (nSPS) is 12.4. The number of carbonyl (C=O) groups excluding carboxylic acids is 1. The van der Waals surface area contributed by atoms with Gasteiger partial charge in [0, 0.05) is 26.1 Å². The Labute approximate surface area is 118 Å². The van der Waals surface area contributed by atoms with Crippen molar-refractivity contribution in [2.75, 3.05) is 32.8 Å². The van der Waals surface area contributed by atoms with Crippen molar-refractivity contribution in [3.63, 3.8) is 0 Å². The summed E-state index contributed by atoms with van der Waals surface area (Å²) < 4.78 is 5.31. The molecule has 4 nitrogen and oxygen atoms in total. The summed E-state index contributed by atoms with van der Waals surface area (Å²) in [5.41, 5.74) is 5.62. The largest absolute Gasteiger partial charge is 0.380 e. The van der Waals surface area contributed by atoms with Crippen LogP contribution in [0.1, 0.15) is 52.9 Å². The van der Waals surface area contributed by atoms with Crippen molar-refractivity contribution < 1.29 is 9.53 Å². The molecule has 0 aliphatic carbocycles. The van der Waals surface area contributed by atoms with Crippen LogP contribution >= 0.6 is 0 Å². The van der Waals surface area contributed by atoms with E-state index in [2.05, 4.69) is 6.92 Å². The Kier molecular flexibility index (Phi) is 12.0. The molecular formula is C15H32N2O2. The Morgan fingerprint density at radius 1 is 1.21 bits per heavy atom. The van der Waals surface area contributed by atoms with Gasteiger partial charge in [-0.1, -0.05) is 19.8 Å². The minimum absolute atomic E-state index is 0.250. The van der Waals surface area contributed by atoms with Gasteiger partial charge >= 0.3 is 0 Å². The van der Waals surface area contributed by atoms with Gasteiger partial charge in [-0.25, -0.2) is 0 Å². The van der Waals surface area contributed by atoms with E-state index in [1.165, 1.54) is 12.8 Å². The van der Waals surface area contributed by atoms with E-state index in [4.69, 9.17) is 10.5 Å². The number of nitrogens with two attached hydrogens (primary N) is 1. The molecule has 0 aromatic rings. The van der Waals surface area contributed by atoms with Crippen LogP contribution in [0, 0.1) is 5.92 Å². The van der Waals surface area contributed by atoms with Crippen LogP contribution in [-0.4, -0.2) is 43.7 Å². The Balaban J connectivity index is 4.01. The van der Waals surface area contributed by atoms with Crippen molar-refractivity contribution in [1.82, 2.24) is 4.90 Å². The van der Waals surface area contributed by atoms with Gasteiger partial charge < -0.3 is 15.4 Å². The molecule has 0 heterocycles. The van der Waals surface area contributed by atoms with Crippen molar-refractivity contribution in [1.29, 1.82) is 0 Å². The van der Waals surface area contributed by atoms with Gasteiger partial charge in [-0.3, -0.25) is 4.79 Å². The highest BCUT2D eigenvalue weighted by molar-refractivity contribution is 5.76. The molecule has 0 aromatic carbocycles. The predicted molar refractivity (Wildman–Crippen MR) is 80.1 cm³/mol. The van der Waals surface area contributed by atoms with Crippen molar-refractivity contribution in [2.24, 2.45) is 11.7 Å². The molecular weight excluding hydrogens is 240 g/mol. The van der Waals surface area contributed by atoms with E-state index >= 15 is 0 Å². The van der Waals surface area contributed by atoms with Crippen molar-refractivity contribution in [2.45, 2.75) is 52.9 Å². The summed E-state index contributed by atoms with van der Waals surface area (Å²) in [4.78, 5) is 14.0. The van der Waals surface area contributed by atoms with E-state index in [-0.39, 0.29) is 5.91 Å². The summed E-state index contributed by atoms with van der Waals surface area (Å²) in [6.45, 7) is 9.72. The Morgan fingerprint density at radius 2 is 1.95 bits per heavy atom. The quantitative estimate of drug-likeness (QED) is 0.555.